The maximum absolute atomic E-state index is 11.9. The largest absolute Gasteiger partial charge is 0.376 e. The van der Waals surface area contributed by atoms with Gasteiger partial charge in [-0.05, 0) is 30.7 Å². The van der Waals surface area contributed by atoms with Crippen molar-refractivity contribution in [1.29, 1.82) is 0 Å². The van der Waals surface area contributed by atoms with E-state index in [4.69, 9.17) is 23.2 Å². The molecule has 2 rings (SSSR count). The lowest BCUT2D eigenvalue weighted by molar-refractivity contribution is -0.120. The summed E-state index contributed by atoms with van der Waals surface area (Å²) in [5, 5.41) is 6.99. The topological polar surface area (TPSA) is 41.1 Å². The molecular formula is C16H16Cl2N2O. The van der Waals surface area contributed by atoms with Gasteiger partial charge in [0.25, 0.3) is 0 Å². The number of amides is 1. The van der Waals surface area contributed by atoms with Crippen LogP contribution in [0.15, 0.2) is 48.5 Å². The van der Waals surface area contributed by atoms with Crippen LogP contribution in [0.5, 0.6) is 0 Å². The molecule has 0 radical (unpaired) electrons. The zero-order valence-corrected chi connectivity index (χ0v) is 13.1. The summed E-state index contributed by atoms with van der Waals surface area (Å²) in [6.07, 6.45) is 0. The molecule has 0 unspecified atom stereocenters. The van der Waals surface area contributed by atoms with E-state index in [0.717, 1.165) is 11.3 Å². The molecule has 2 aromatic carbocycles. The van der Waals surface area contributed by atoms with Gasteiger partial charge in [-0.2, -0.15) is 0 Å². The van der Waals surface area contributed by atoms with Crippen molar-refractivity contribution in [3.05, 3.63) is 64.1 Å². The van der Waals surface area contributed by atoms with Crippen molar-refractivity contribution in [2.24, 2.45) is 0 Å². The highest BCUT2D eigenvalue weighted by molar-refractivity contribution is 6.35. The number of anilines is 1. The van der Waals surface area contributed by atoms with Crippen LogP contribution in [0.2, 0.25) is 10.0 Å². The Balaban J connectivity index is 1.87. The molecule has 2 aromatic rings. The highest BCUT2D eigenvalue weighted by Crippen LogP contribution is 2.22. The van der Waals surface area contributed by atoms with Gasteiger partial charge in [-0.3, -0.25) is 4.79 Å². The van der Waals surface area contributed by atoms with Crippen molar-refractivity contribution in [2.45, 2.75) is 13.0 Å². The fourth-order valence-electron chi connectivity index (χ4n) is 1.96. The molecule has 110 valence electrons. The van der Waals surface area contributed by atoms with E-state index < -0.39 is 0 Å². The van der Waals surface area contributed by atoms with Gasteiger partial charge in [0.15, 0.2) is 0 Å². The molecule has 0 aliphatic rings. The van der Waals surface area contributed by atoms with E-state index in [9.17, 15) is 4.79 Å². The van der Waals surface area contributed by atoms with Crippen molar-refractivity contribution in [3.8, 4) is 0 Å². The molecule has 5 heteroatoms. The molecule has 0 saturated heterocycles. The summed E-state index contributed by atoms with van der Waals surface area (Å²) in [7, 11) is 0. The van der Waals surface area contributed by atoms with Gasteiger partial charge in [-0.25, -0.2) is 0 Å². The third-order valence-corrected chi connectivity index (χ3v) is 3.43. The number of hydrogen-bond acceptors (Lipinski definition) is 2. The minimum atomic E-state index is -0.0950. The molecule has 1 atom stereocenters. The number of benzene rings is 2. The van der Waals surface area contributed by atoms with E-state index in [0.29, 0.717) is 10.0 Å². The van der Waals surface area contributed by atoms with Crippen LogP contribution < -0.4 is 10.6 Å². The van der Waals surface area contributed by atoms with Gasteiger partial charge in [0.1, 0.15) is 0 Å². The zero-order chi connectivity index (χ0) is 15.2. The summed E-state index contributed by atoms with van der Waals surface area (Å²) in [4.78, 5) is 11.9. The first-order chi connectivity index (χ1) is 10.0. The first kappa shape index (κ1) is 15.7. The van der Waals surface area contributed by atoms with E-state index in [1.165, 1.54) is 0 Å². The maximum atomic E-state index is 11.9. The number of nitrogens with one attached hydrogen (secondary N) is 2. The minimum Gasteiger partial charge on any atom is -0.376 e. The second-order valence-electron chi connectivity index (χ2n) is 4.71. The Labute approximate surface area is 134 Å². The second kappa shape index (κ2) is 7.34. The number of carbonyl (C=O) groups excluding carboxylic acids is 1. The fraction of sp³-hybridized carbons (Fsp3) is 0.188. The highest BCUT2D eigenvalue weighted by Gasteiger charge is 2.09. The number of carbonyl (C=O) groups is 1. The van der Waals surface area contributed by atoms with E-state index >= 15 is 0 Å². The SMILES string of the molecule is C[C@@H](NC(=O)CNc1cc(Cl)cc(Cl)c1)c1ccccc1. The van der Waals surface area contributed by atoms with Crippen molar-refractivity contribution in [1.82, 2.24) is 5.32 Å². The smallest absolute Gasteiger partial charge is 0.239 e. The molecule has 0 heterocycles. The summed E-state index contributed by atoms with van der Waals surface area (Å²) in [5.41, 5.74) is 1.78. The van der Waals surface area contributed by atoms with Gasteiger partial charge in [0, 0.05) is 15.7 Å². The standard InChI is InChI=1S/C16H16Cl2N2O/c1-11(12-5-3-2-4-6-12)20-16(21)10-19-15-8-13(17)7-14(18)9-15/h2-9,11,19H,10H2,1H3,(H,20,21)/t11-/m1/s1. The van der Waals surface area contributed by atoms with Crippen LogP contribution in [0.25, 0.3) is 0 Å². The van der Waals surface area contributed by atoms with E-state index in [1.54, 1.807) is 18.2 Å². The lowest BCUT2D eigenvalue weighted by Crippen LogP contribution is -2.32. The Morgan fingerprint density at radius 3 is 2.33 bits per heavy atom. The van der Waals surface area contributed by atoms with E-state index in [-0.39, 0.29) is 18.5 Å². The third kappa shape index (κ3) is 4.96. The van der Waals surface area contributed by atoms with E-state index in [1.807, 2.05) is 37.3 Å². The Hall–Kier alpha value is -1.71. The third-order valence-electron chi connectivity index (χ3n) is 2.99. The molecule has 3 nitrogen and oxygen atoms in total. The normalized spacial score (nSPS) is 11.8. The van der Waals surface area contributed by atoms with Gasteiger partial charge in [-0.1, -0.05) is 53.5 Å². The Morgan fingerprint density at radius 1 is 1.10 bits per heavy atom. The summed E-state index contributed by atoms with van der Waals surface area (Å²) < 4.78 is 0. The lowest BCUT2D eigenvalue weighted by Gasteiger charge is -2.15. The average Bonchev–Trinajstić information content (AvgIpc) is 2.45. The van der Waals surface area contributed by atoms with Crippen molar-refractivity contribution in [2.75, 3.05) is 11.9 Å². The molecule has 0 fully saturated rings. The Morgan fingerprint density at radius 2 is 1.71 bits per heavy atom. The molecular weight excluding hydrogens is 307 g/mol. The summed E-state index contributed by atoms with van der Waals surface area (Å²) >= 11 is 11.8. The van der Waals surface area contributed by atoms with Crippen LogP contribution in [0.4, 0.5) is 5.69 Å². The van der Waals surface area contributed by atoms with Crippen LogP contribution in [-0.2, 0) is 4.79 Å². The molecule has 0 aliphatic heterocycles. The second-order valence-corrected chi connectivity index (χ2v) is 5.58. The van der Waals surface area contributed by atoms with Crippen molar-refractivity contribution >= 4 is 34.8 Å². The van der Waals surface area contributed by atoms with E-state index in [2.05, 4.69) is 10.6 Å². The van der Waals surface area contributed by atoms with Gasteiger partial charge < -0.3 is 10.6 Å². The summed E-state index contributed by atoms with van der Waals surface area (Å²) in [6, 6.07) is 14.9. The Kier molecular flexibility index (Phi) is 5.48. The highest BCUT2D eigenvalue weighted by atomic mass is 35.5. The van der Waals surface area contributed by atoms with Crippen molar-refractivity contribution in [3.63, 3.8) is 0 Å². The van der Waals surface area contributed by atoms with Gasteiger partial charge in [-0.15, -0.1) is 0 Å². The molecule has 0 bridgehead atoms. The predicted molar refractivity (Wildman–Crippen MR) is 88.0 cm³/mol. The average molecular weight is 323 g/mol. The quantitative estimate of drug-likeness (QED) is 0.862. The molecule has 0 saturated carbocycles. The first-order valence-corrected chi connectivity index (χ1v) is 7.34. The number of hydrogen-bond donors (Lipinski definition) is 2. The number of rotatable bonds is 5. The number of halogens is 2. The Bertz CT molecular complexity index is 597. The molecule has 1 amide bonds. The first-order valence-electron chi connectivity index (χ1n) is 6.59. The van der Waals surface area contributed by atoms with Crippen LogP contribution in [-0.4, -0.2) is 12.5 Å². The van der Waals surface area contributed by atoms with Crippen LogP contribution in [0, 0.1) is 0 Å². The van der Waals surface area contributed by atoms with Gasteiger partial charge in [0.2, 0.25) is 5.91 Å². The maximum Gasteiger partial charge on any atom is 0.239 e. The minimum absolute atomic E-state index is 0.0385. The van der Waals surface area contributed by atoms with Crippen LogP contribution in [0.1, 0.15) is 18.5 Å². The van der Waals surface area contributed by atoms with Gasteiger partial charge >= 0.3 is 0 Å². The van der Waals surface area contributed by atoms with Crippen LogP contribution >= 0.6 is 23.2 Å². The van der Waals surface area contributed by atoms with Gasteiger partial charge in [0.05, 0.1) is 12.6 Å². The van der Waals surface area contributed by atoms with Crippen LogP contribution in [0.3, 0.4) is 0 Å². The molecule has 21 heavy (non-hydrogen) atoms. The fourth-order valence-corrected chi connectivity index (χ4v) is 2.48. The molecule has 0 spiro atoms. The van der Waals surface area contributed by atoms with Crippen molar-refractivity contribution < 1.29 is 4.79 Å². The lowest BCUT2D eigenvalue weighted by atomic mass is 10.1. The molecule has 2 N–H and O–H groups in total. The summed E-state index contributed by atoms with van der Waals surface area (Å²) in [6.45, 7) is 2.11. The molecule has 0 aromatic heterocycles. The zero-order valence-electron chi connectivity index (χ0n) is 11.6. The molecule has 0 aliphatic carbocycles. The summed E-state index contributed by atoms with van der Waals surface area (Å²) in [5.74, 6) is -0.0950. The monoisotopic (exact) mass is 322 g/mol. The predicted octanol–water partition coefficient (Wildman–Crippen LogP) is 4.28.